The highest BCUT2D eigenvalue weighted by Crippen LogP contribution is 2.22. The van der Waals surface area contributed by atoms with Crippen LogP contribution in [0.5, 0.6) is 0 Å². The largest absolute Gasteiger partial charge is 0.337 e. The van der Waals surface area contributed by atoms with Crippen LogP contribution in [0.4, 0.5) is 0 Å². The van der Waals surface area contributed by atoms with Crippen molar-refractivity contribution in [1.82, 2.24) is 14.1 Å². The molecule has 8 nitrogen and oxygen atoms in total. The maximum atomic E-state index is 12.9. The van der Waals surface area contributed by atoms with Gasteiger partial charge in [0.25, 0.3) is 0 Å². The highest BCUT2D eigenvalue weighted by Gasteiger charge is 2.34. The topological polar surface area (TPSA) is 95.1 Å². The molecule has 1 amide bonds. The summed E-state index contributed by atoms with van der Waals surface area (Å²) in [7, 11) is -6.39. The Hall–Kier alpha value is -1.75. The SMILES string of the molecule is O=C(/C=C/c1ccc(S(=O)(=O)N2CCCCCC2)cc1)N1CCN(C2CCS(=O)(=O)C2)CC1. The van der Waals surface area contributed by atoms with E-state index in [-0.39, 0.29) is 28.4 Å². The molecule has 182 valence electrons. The number of nitrogens with zero attached hydrogens (tertiary/aromatic N) is 3. The number of carbonyl (C=O) groups excluding carboxylic acids is 1. The Morgan fingerprint density at radius 2 is 1.55 bits per heavy atom. The number of rotatable bonds is 5. The summed E-state index contributed by atoms with van der Waals surface area (Å²) in [4.78, 5) is 16.8. The van der Waals surface area contributed by atoms with E-state index >= 15 is 0 Å². The van der Waals surface area contributed by atoms with Gasteiger partial charge in [0.05, 0.1) is 16.4 Å². The molecule has 3 heterocycles. The molecule has 0 radical (unpaired) electrons. The minimum Gasteiger partial charge on any atom is -0.337 e. The monoisotopic (exact) mass is 495 g/mol. The second-order valence-corrected chi connectivity index (χ2v) is 13.3. The lowest BCUT2D eigenvalue weighted by atomic mass is 10.2. The fourth-order valence-corrected chi connectivity index (χ4v) is 8.10. The van der Waals surface area contributed by atoms with Crippen molar-refractivity contribution in [1.29, 1.82) is 0 Å². The Morgan fingerprint density at radius 1 is 0.909 bits per heavy atom. The second-order valence-electron chi connectivity index (χ2n) is 9.14. The quantitative estimate of drug-likeness (QED) is 0.576. The Bertz CT molecular complexity index is 1070. The molecule has 1 unspecified atom stereocenters. The van der Waals surface area contributed by atoms with Crippen LogP contribution in [-0.2, 0) is 24.7 Å². The number of hydrogen-bond acceptors (Lipinski definition) is 6. The summed E-state index contributed by atoms with van der Waals surface area (Å²) >= 11 is 0. The van der Waals surface area contributed by atoms with E-state index in [1.807, 2.05) is 0 Å². The number of amides is 1. The van der Waals surface area contributed by atoms with E-state index in [2.05, 4.69) is 4.90 Å². The fourth-order valence-electron chi connectivity index (χ4n) is 4.83. The molecule has 1 aromatic carbocycles. The number of benzene rings is 1. The van der Waals surface area contributed by atoms with Crippen molar-refractivity contribution in [2.24, 2.45) is 0 Å². The Morgan fingerprint density at radius 3 is 2.12 bits per heavy atom. The van der Waals surface area contributed by atoms with Gasteiger partial charge < -0.3 is 4.90 Å². The summed E-state index contributed by atoms with van der Waals surface area (Å²) in [5, 5.41) is 0. The number of hydrogen-bond donors (Lipinski definition) is 0. The van der Waals surface area contributed by atoms with E-state index in [1.165, 1.54) is 6.08 Å². The van der Waals surface area contributed by atoms with Crippen molar-refractivity contribution >= 4 is 31.8 Å². The molecule has 1 atom stereocenters. The van der Waals surface area contributed by atoms with Crippen molar-refractivity contribution in [3.8, 4) is 0 Å². The Kier molecular flexibility index (Phi) is 7.57. The van der Waals surface area contributed by atoms with Gasteiger partial charge in [-0.1, -0.05) is 25.0 Å². The van der Waals surface area contributed by atoms with Gasteiger partial charge in [0.15, 0.2) is 9.84 Å². The zero-order valence-corrected chi connectivity index (χ0v) is 20.6. The van der Waals surface area contributed by atoms with E-state index in [1.54, 1.807) is 39.5 Å². The van der Waals surface area contributed by atoms with Gasteiger partial charge in [0.1, 0.15) is 0 Å². The molecule has 0 spiro atoms. The highest BCUT2D eigenvalue weighted by atomic mass is 32.2. The average molecular weight is 496 g/mol. The summed E-state index contributed by atoms with van der Waals surface area (Å²) in [5.41, 5.74) is 0.771. The predicted octanol–water partition coefficient (Wildman–Crippen LogP) is 1.60. The maximum Gasteiger partial charge on any atom is 0.246 e. The molecule has 0 N–H and O–H groups in total. The first-order chi connectivity index (χ1) is 15.7. The minimum atomic E-state index is -3.48. The second kappa shape index (κ2) is 10.2. The van der Waals surface area contributed by atoms with Crippen molar-refractivity contribution in [3.63, 3.8) is 0 Å². The highest BCUT2D eigenvalue weighted by molar-refractivity contribution is 7.91. The third-order valence-corrected chi connectivity index (χ3v) is 10.5. The number of piperazine rings is 1. The molecule has 10 heteroatoms. The van der Waals surface area contributed by atoms with Crippen LogP contribution in [0.15, 0.2) is 35.2 Å². The number of sulfone groups is 1. The molecule has 4 rings (SSSR count). The lowest BCUT2D eigenvalue weighted by Gasteiger charge is -2.37. The van der Waals surface area contributed by atoms with Crippen LogP contribution in [0, 0.1) is 0 Å². The van der Waals surface area contributed by atoms with Crippen LogP contribution in [0.1, 0.15) is 37.7 Å². The molecule has 33 heavy (non-hydrogen) atoms. The van der Waals surface area contributed by atoms with Gasteiger partial charge in [-0.05, 0) is 43.0 Å². The number of carbonyl (C=O) groups is 1. The van der Waals surface area contributed by atoms with Gasteiger partial charge in [-0.25, -0.2) is 16.8 Å². The van der Waals surface area contributed by atoms with E-state index in [9.17, 15) is 21.6 Å². The zero-order chi connectivity index (χ0) is 23.5. The standard InChI is InChI=1S/C23H33N3O5S2/c27-23(25-16-14-24(15-17-25)21-11-18-32(28,29)19-21)10-7-20-5-8-22(9-6-20)33(30,31)26-12-3-1-2-4-13-26/h5-10,21H,1-4,11-19H2/b10-7+. The molecule has 3 aliphatic rings. The smallest absolute Gasteiger partial charge is 0.246 e. The van der Waals surface area contributed by atoms with E-state index in [0.29, 0.717) is 45.7 Å². The fraction of sp³-hybridized carbons (Fsp3) is 0.609. The predicted molar refractivity (Wildman–Crippen MR) is 128 cm³/mol. The molecule has 0 saturated carbocycles. The molecule has 3 saturated heterocycles. The van der Waals surface area contributed by atoms with Crippen molar-refractivity contribution in [2.75, 3.05) is 50.8 Å². The summed E-state index contributed by atoms with van der Waals surface area (Å²) in [5.74, 6) is 0.400. The van der Waals surface area contributed by atoms with E-state index in [0.717, 1.165) is 31.2 Å². The summed E-state index contributed by atoms with van der Waals surface area (Å²) < 4.78 is 50.8. The third-order valence-electron chi connectivity index (χ3n) is 6.85. The lowest BCUT2D eigenvalue weighted by Crippen LogP contribution is -2.52. The van der Waals surface area contributed by atoms with Gasteiger partial charge in [-0.15, -0.1) is 0 Å². The molecule has 0 aromatic heterocycles. The molecule has 3 fully saturated rings. The minimum absolute atomic E-state index is 0.0758. The van der Waals surface area contributed by atoms with Gasteiger partial charge in [-0.3, -0.25) is 9.69 Å². The van der Waals surface area contributed by atoms with Crippen molar-refractivity contribution < 1.29 is 21.6 Å². The van der Waals surface area contributed by atoms with Crippen molar-refractivity contribution in [2.45, 2.75) is 43.0 Å². The first-order valence-electron chi connectivity index (χ1n) is 11.8. The number of sulfonamides is 1. The van der Waals surface area contributed by atoms with Crippen LogP contribution < -0.4 is 0 Å². The summed E-state index contributed by atoms with van der Waals surface area (Å²) in [6.07, 6.45) is 7.85. The molecular formula is C23H33N3O5S2. The van der Waals surface area contributed by atoms with E-state index < -0.39 is 19.9 Å². The van der Waals surface area contributed by atoms with Crippen LogP contribution >= 0.6 is 0 Å². The first kappa shape index (κ1) is 24.4. The van der Waals surface area contributed by atoms with Crippen molar-refractivity contribution in [3.05, 3.63) is 35.9 Å². The van der Waals surface area contributed by atoms with Crippen LogP contribution in [-0.4, -0.2) is 93.7 Å². The summed E-state index contributed by atoms with van der Waals surface area (Å²) in [6, 6.07) is 6.75. The first-order valence-corrected chi connectivity index (χ1v) is 15.0. The van der Waals surface area contributed by atoms with Crippen LogP contribution in [0.3, 0.4) is 0 Å². The normalized spacial score (nSPS) is 25.3. The van der Waals surface area contributed by atoms with Crippen LogP contribution in [0.2, 0.25) is 0 Å². The van der Waals surface area contributed by atoms with Gasteiger partial charge in [-0.2, -0.15) is 4.31 Å². The molecule has 0 bridgehead atoms. The van der Waals surface area contributed by atoms with E-state index in [4.69, 9.17) is 0 Å². The molecule has 1 aromatic rings. The Balaban J connectivity index is 1.30. The molecular weight excluding hydrogens is 462 g/mol. The zero-order valence-electron chi connectivity index (χ0n) is 18.9. The maximum absolute atomic E-state index is 12.9. The third kappa shape index (κ3) is 6.03. The lowest BCUT2D eigenvalue weighted by molar-refractivity contribution is -0.127. The Labute approximate surface area is 197 Å². The van der Waals surface area contributed by atoms with Gasteiger partial charge >= 0.3 is 0 Å². The van der Waals surface area contributed by atoms with Crippen LogP contribution in [0.25, 0.3) is 6.08 Å². The molecule has 0 aliphatic carbocycles. The average Bonchev–Trinajstić information content (AvgIpc) is 3.00. The van der Waals surface area contributed by atoms with Gasteiger partial charge in [0, 0.05) is 51.4 Å². The van der Waals surface area contributed by atoms with Gasteiger partial charge in [0.2, 0.25) is 15.9 Å². The molecule has 3 aliphatic heterocycles. The summed E-state index contributed by atoms with van der Waals surface area (Å²) in [6.45, 7) is 3.66.